The molecule has 1 aromatic carbocycles. The number of aliphatic hydroxyl groups is 1. The number of hydrogen-bond acceptors (Lipinski definition) is 3. The summed E-state index contributed by atoms with van der Waals surface area (Å²) in [5.74, 6) is 0. The molecule has 0 saturated carbocycles. The average Bonchev–Trinajstić information content (AvgIpc) is 2.54. The quantitative estimate of drug-likeness (QED) is 0.804. The molecule has 0 fully saturated rings. The maximum Gasteiger partial charge on any atom is 0.408 e. The lowest BCUT2D eigenvalue weighted by Gasteiger charge is -2.22. The first-order chi connectivity index (χ1) is 8.37. The molecule has 0 heterocycles. The van der Waals surface area contributed by atoms with E-state index in [1.54, 1.807) is 0 Å². The van der Waals surface area contributed by atoms with E-state index in [-0.39, 0.29) is 6.04 Å². The number of alkyl carbamates (subject to hydrolysis) is 1. The van der Waals surface area contributed by atoms with Crippen molar-refractivity contribution in [3.8, 4) is 0 Å². The minimum Gasteiger partial charge on any atom is -0.444 e. The van der Waals surface area contributed by atoms with Gasteiger partial charge < -0.3 is 15.2 Å². The first kappa shape index (κ1) is 12.9. The van der Waals surface area contributed by atoms with E-state index in [1.807, 2.05) is 45.0 Å². The highest BCUT2D eigenvalue weighted by Crippen LogP contribution is 2.38. The number of benzene rings is 1. The van der Waals surface area contributed by atoms with E-state index in [0.29, 0.717) is 6.42 Å². The molecule has 18 heavy (non-hydrogen) atoms. The number of carbonyl (C=O) groups excluding carboxylic acids is 1. The summed E-state index contributed by atoms with van der Waals surface area (Å²) in [6.07, 6.45) is -0.462. The molecule has 0 saturated heterocycles. The van der Waals surface area contributed by atoms with Crippen LogP contribution in [-0.4, -0.2) is 16.8 Å². The molecule has 0 spiro atoms. The van der Waals surface area contributed by atoms with Crippen molar-refractivity contribution >= 4 is 6.09 Å². The number of fused-ring (bicyclic) bond motifs is 1. The Morgan fingerprint density at radius 3 is 2.56 bits per heavy atom. The Labute approximate surface area is 107 Å². The third kappa shape index (κ3) is 2.82. The molecule has 1 aliphatic rings. The normalized spacial score (nSPS) is 22.4. The standard InChI is InChI=1S/C14H19NO3/c1-14(2,3)18-13(17)15-11-8-12(16)10-7-5-4-6-9(10)11/h4-7,11-12,16H,8H2,1-3H3,(H,15,17)/t11-,12+/m0/s1. The molecule has 2 N–H and O–H groups in total. The fraction of sp³-hybridized carbons (Fsp3) is 0.500. The van der Waals surface area contributed by atoms with E-state index in [2.05, 4.69) is 5.32 Å². The molecular weight excluding hydrogens is 230 g/mol. The zero-order valence-electron chi connectivity index (χ0n) is 10.9. The van der Waals surface area contributed by atoms with Crippen molar-refractivity contribution in [2.75, 3.05) is 0 Å². The van der Waals surface area contributed by atoms with Gasteiger partial charge in [-0.15, -0.1) is 0 Å². The van der Waals surface area contributed by atoms with Crippen molar-refractivity contribution in [3.63, 3.8) is 0 Å². The predicted octanol–water partition coefficient (Wildman–Crippen LogP) is 2.69. The van der Waals surface area contributed by atoms with Crippen molar-refractivity contribution in [2.45, 2.75) is 44.9 Å². The van der Waals surface area contributed by atoms with Crippen LogP contribution in [-0.2, 0) is 4.74 Å². The van der Waals surface area contributed by atoms with Crippen LogP contribution < -0.4 is 5.32 Å². The lowest BCUT2D eigenvalue weighted by atomic mass is 10.1. The number of hydrogen-bond donors (Lipinski definition) is 2. The number of nitrogens with one attached hydrogen (secondary N) is 1. The maximum atomic E-state index is 11.7. The van der Waals surface area contributed by atoms with Crippen molar-refractivity contribution in [3.05, 3.63) is 35.4 Å². The highest BCUT2D eigenvalue weighted by Gasteiger charge is 2.31. The fourth-order valence-electron chi connectivity index (χ4n) is 2.20. The monoisotopic (exact) mass is 249 g/mol. The van der Waals surface area contributed by atoms with Gasteiger partial charge in [0, 0.05) is 6.42 Å². The summed E-state index contributed by atoms with van der Waals surface area (Å²) in [6, 6.07) is 7.43. The second-order valence-electron chi connectivity index (χ2n) is 5.58. The predicted molar refractivity (Wildman–Crippen MR) is 68.1 cm³/mol. The summed E-state index contributed by atoms with van der Waals surface area (Å²) in [4.78, 5) is 11.7. The molecule has 1 aromatic rings. The third-order valence-corrected chi connectivity index (χ3v) is 2.88. The summed E-state index contributed by atoms with van der Waals surface area (Å²) in [6.45, 7) is 5.47. The van der Waals surface area contributed by atoms with E-state index in [0.717, 1.165) is 11.1 Å². The molecule has 0 aliphatic heterocycles. The summed E-state index contributed by atoms with van der Waals surface area (Å²) < 4.78 is 5.22. The van der Waals surface area contributed by atoms with Crippen LogP contribution in [0.3, 0.4) is 0 Å². The first-order valence-corrected chi connectivity index (χ1v) is 6.13. The third-order valence-electron chi connectivity index (χ3n) is 2.88. The smallest absolute Gasteiger partial charge is 0.408 e. The van der Waals surface area contributed by atoms with Gasteiger partial charge in [-0.2, -0.15) is 0 Å². The zero-order chi connectivity index (χ0) is 13.3. The highest BCUT2D eigenvalue weighted by atomic mass is 16.6. The first-order valence-electron chi connectivity index (χ1n) is 6.13. The van der Waals surface area contributed by atoms with E-state index >= 15 is 0 Å². The van der Waals surface area contributed by atoms with E-state index < -0.39 is 17.8 Å². The van der Waals surface area contributed by atoms with Crippen LogP contribution in [0.25, 0.3) is 0 Å². The van der Waals surface area contributed by atoms with Crippen LogP contribution in [0.1, 0.15) is 50.5 Å². The van der Waals surface area contributed by atoms with Crippen LogP contribution in [0.4, 0.5) is 4.79 Å². The van der Waals surface area contributed by atoms with Gasteiger partial charge in [-0.3, -0.25) is 0 Å². The van der Waals surface area contributed by atoms with Gasteiger partial charge in [-0.05, 0) is 31.9 Å². The van der Waals surface area contributed by atoms with Gasteiger partial charge in [-0.25, -0.2) is 4.79 Å². The van der Waals surface area contributed by atoms with Gasteiger partial charge in [-0.1, -0.05) is 24.3 Å². The van der Waals surface area contributed by atoms with Gasteiger partial charge >= 0.3 is 6.09 Å². The Morgan fingerprint density at radius 1 is 1.33 bits per heavy atom. The molecule has 0 aromatic heterocycles. The number of amides is 1. The van der Waals surface area contributed by atoms with Gasteiger partial charge in [0.1, 0.15) is 5.60 Å². The molecule has 0 bridgehead atoms. The Bertz CT molecular complexity index is 451. The second-order valence-corrected chi connectivity index (χ2v) is 5.58. The van der Waals surface area contributed by atoms with Crippen LogP contribution in [0.15, 0.2) is 24.3 Å². The lowest BCUT2D eigenvalue weighted by molar-refractivity contribution is 0.0493. The van der Waals surface area contributed by atoms with E-state index in [4.69, 9.17) is 4.74 Å². The minimum absolute atomic E-state index is 0.175. The van der Waals surface area contributed by atoms with Crippen LogP contribution in [0.2, 0.25) is 0 Å². The molecule has 2 atom stereocenters. The van der Waals surface area contributed by atoms with Crippen molar-refractivity contribution in [1.82, 2.24) is 5.32 Å². The molecule has 1 aliphatic carbocycles. The molecule has 4 heteroatoms. The Kier molecular flexibility index (Phi) is 3.30. The second kappa shape index (κ2) is 4.61. The van der Waals surface area contributed by atoms with Crippen LogP contribution in [0, 0.1) is 0 Å². The topological polar surface area (TPSA) is 58.6 Å². The molecular formula is C14H19NO3. The minimum atomic E-state index is -0.513. The summed E-state index contributed by atoms with van der Waals surface area (Å²) in [7, 11) is 0. The number of aliphatic hydroxyl groups excluding tert-OH is 1. The fourth-order valence-corrected chi connectivity index (χ4v) is 2.20. The molecule has 2 rings (SSSR count). The molecule has 0 unspecified atom stereocenters. The lowest BCUT2D eigenvalue weighted by Crippen LogP contribution is -2.34. The molecule has 1 amide bonds. The molecule has 98 valence electrons. The summed E-state index contributed by atoms with van der Waals surface area (Å²) in [5, 5.41) is 12.7. The van der Waals surface area contributed by atoms with E-state index in [9.17, 15) is 9.90 Å². The molecule has 0 radical (unpaired) electrons. The maximum absolute atomic E-state index is 11.7. The van der Waals surface area contributed by atoms with Gasteiger partial charge in [0.15, 0.2) is 0 Å². The number of rotatable bonds is 1. The average molecular weight is 249 g/mol. The van der Waals surface area contributed by atoms with Gasteiger partial charge in [0.2, 0.25) is 0 Å². The highest BCUT2D eigenvalue weighted by molar-refractivity contribution is 5.68. The largest absolute Gasteiger partial charge is 0.444 e. The zero-order valence-corrected chi connectivity index (χ0v) is 10.9. The van der Waals surface area contributed by atoms with Crippen LogP contribution >= 0.6 is 0 Å². The van der Waals surface area contributed by atoms with E-state index in [1.165, 1.54) is 0 Å². The van der Waals surface area contributed by atoms with Crippen molar-refractivity contribution in [1.29, 1.82) is 0 Å². The van der Waals surface area contributed by atoms with Gasteiger partial charge in [0.05, 0.1) is 12.1 Å². The number of ether oxygens (including phenoxy) is 1. The van der Waals surface area contributed by atoms with Crippen molar-refractivity contribution < 1.29 is 14.6 Å². The van der Waals surface area contributed by atoms with Gasteiger partial charge in [0.25, 0.3) is 0 Å². The van der Waals surface area contributed by atoms with Crippen molar-refractivity contribution in [2.24, 2.45) is 0 Å². The van der Waals surface area contributed by atoms with Crippen LogP contribution in [0.5, 0.6) is 0 Å². The Balaban J connectivity index is 2.07. The SMILES string of the molecule is CC(C)(C)OC(=O)N[C@H]1C[C@@H](O)c2ccccc21. The molecule has 4 nitrogen and oxygen atoms in total. The number of carbonyl (C=O) groups is 1. The summed E-state index contributed by atoms with van der Waals surface area (Å²) >= 11 is 0. The summed E-state index contributed by atoms with van der Waals surface area (Å²) in [5.41, 5.74) is 1.34. The Hall–Kier alpha value is -1.55. The Morgan fingerprint density at radius 2 is 1.94 bits per heavy atom.